The van der Waals surface area contributed by atoms with Crippen LogP contribution in [0.15, 0.2) is 47.6 Å². The number of sulfonamides is 1. The number of hydrogen-bond acceptors (Lipinski definition) is 5. The number of amides is 1. The van der Waals surface area contributed by atoms with E-state index in [-0.39, 0.29) is 29.7 Å². The molecule has 0 radical (unpaired) electrons. The molecule has 26 heavy (non-hydrogen) atoms. The van der Waals surface area contributed by atoms with Crippen molar-refractivity contribution in [3.8, 4) is 5.75 Å². The van der Waals surface area contributed by atoms with E-state index in [2.05, 4.69) is 9.71 Å². The summed E-state index contributed by atoms with van der Waals surface area (Å²) in [5, 5.41) is 0. The second-order valence-electron chi connectivity index (χ2n) is 6.48. The van der Waals surface area contributed by atoms with Crippen LogP contribution in [-0.4, -0.2) is 45.6 Å². The molecule has 9 heteroatoms. The highest BCUT2D eigenvalue weighted by atomic mass is 32.3. The molecular weight excluding hydrogens is 361 g/mol. The van der Waals surface area contributed by atoms with Gasteiger partial charge in [0, 0.05) is 30.9 Å². The number of fused-ring (bicyclic) bond motifs is 1. The number of hydrogen-bond donors (Lipinski definition) is 1. The molecule has 1 N–H and O–H groups in total. The van der Waals surface area contributed by atoms with Crippen LogP contribution in [0.3, 0.4) is 0 Å². The minimum absolute atomic E-state index is 0.0137. The van der Waals surface area contributed by atoms with Crippen LogP contribution in [0.2, 0.25) is 0 Å². The molecule has 0 aliphatic carbocycles. The number of pyridine rings is 1. The number of nitrogens with zero attached hydrogens (tertiary/aromatic N) is 2. The molecular formula is C17H16FN3O4S. The van der Waals surface area contributed by atoms with E-state index in [0.717, 1.165) is 0 Å². The van der Waals surface area contributed by atoms with Crippen LogP contribution in [0.5, 0.6) is 5.75 Å². The van der Waals surface area contributed by atoms with Crippen LogP contribution in [0, 0.1) is 5.82 Å². The smallest absolute Gasteiger partial charge is 0.253 e. The summed E-state index contributed by atoms with van der Waals surface area (Å²) in [5.74, 6) is -0.451. The molecule has 2 aliphatic rings. The third kappa shape index (κ3) is 2.98. The van der Waals surface area contributed by atoms with Gasteiger partial charge in [0.2, 0.25) is 4.90 Å². The molecule has 7 nitrogen and oxygen atoms in total. The number of rotatable bonds is 1. The summed E-state index contributed by atoms with van der Waals surface area (Å²) in [6, 6.07) is 6.78. The molecule has 1 aromatic carbocycles. The van der Waals surface area contributed by atoms with Crippen molar-refractivity contribution in [2.75, 3.05) is 19.7 Å². The average molecular weight is 377 g/mol. The normalized spacial score (nSPS) is 27.7. The summed E-state index contributed by atoms with van der Waals surface area (Å²) in [4.78, 5) is 18.0. The third-order valence-electron chi connectivity index (χ3n) is 4.62. The van der Waals surface area contributed by atoms with E-state index >= 15 is 0 Å². The first-order chi connectivity index (χ1) is 12.4. The Kier molecular flexibility index (Phi) is 4.02. The SMILES string of the molecule is O=C(c1ccc(F)cc1)N1CCC2(COc3ccncc3[S+](=O)([O-])N2)C1. The van der Waals surface area contributed by atoms with Crippen molar-refractivity contribution in [3.63, 3.8) is 0 Å². The molecule has 3 heterocycles. The van der Waals surface area contributed by atoms with E-state index in [1.54, 1.807) is 4.90 Å². The Morgan fingerprint density at radius 1 is 1.35 bits per heavy atom. The van der Waals surface area contributed by atoms with Gasteiger partial charge in [0.1, 0.15) is 18.0 Å². The van der Waals surface area contributed by atoms with Crippen molar-refractivity contribution in [3.05, 3.63) is 54.1 Å². The summed E-state index contributed by atoms with van der Waals surface area (Å²) < 4.78 is 46.8. The number of carbonyl (C=O) groups is 1. The molecule has 1 aromatic heterocycles. The number of likely N-dealkylation sites (tertiary alicyclic amines) is 1. The number of halogens is 1. The Balaban J connectivity index is 1.57. The number of carbonyl (C=O) groups excluding carboxylic acids is 1. The van der Waals surface area contributed by atoms with Crippen LogP contribution < -0.4 is 9.46 Å². The zero-order chi connectivity index (χ0) is 18.4. The second-order valence-corrected chi connectivity index (χ2v) is 8.13. The average Bonchev–Trinajstić information content (AvgIpc) is 2.99. The number of benzene rings is 1. The fourth-order valence-electron chi connectivity index (χ4n) is 3.30. The molecule has 1 spiro atoms. The van der Waals surface area contributed by atoms with Gasteiger partial charge in [0.05, 0.1) is 6.20 Å². The van der Waals surface area contributed by atoms with Crippen molar-refractivity contribution in [1.82, 2.24) is 14.6 Å². The van der Waals surface area contributed by atoms with E-state index < -0.39 is 21.8 Å². The van der Waals surface area contributed by atoms with Gasteiger partial charge in [-0.1, -0.05) is 4.21 Å². The maximum Gasteiger partial charge on any atom is 0.253 e. The van der Waals surface area contributed by atoms with E-state index in [1.165, 1.54) is 42.7 Å². The highest BCUT2D eigenvalue weighted by Crippen LogP contribution is 2.34. The van der Waals surface area contributed by atoms with Gasteiger partial charge in [-0.3, -0.25) is 9.78 Å². The molecule has 1 amide bonds. The molecule has 2 unspecified atom stereocenters. The number of aromatic nitrogens is 1. The van der Waals surface area contributed by atoms with Gasteiger partial charge in [0.15, 0.2) is 16.1 Å². The molecule has 2 aliphatic heterocycles. The second kappa shape index (κ2) is 6.11. The van der Waals surface area contributed by atoms with E-state index in [9.17, 15) is 17.9 Å². The van der Waals surface area contributed by atoms with Crippen molar-refractivity contribution in [2.45, 2.75) is 16.9 Å². The largest absolute Gasteiger partial charge is 0.593 e. The lowest BCUT2D eigenvalue weighted by Gasteiger charge is -2.28. The maximum atomic E-state index is 13.1. The Labute approximate surface area is 150 Å². The van der Waals surface area contributed by atoms with Crippen molar-refractivity contribution in [2.24, 2.45) is 0 Å². The Morgan fingerprint density at radius 3 is 2.88 bits per heavy atom. The predicted molar refractivity (Wildman–Crippen MR) is 89.6 cm³/mol. The molecule has 1 fully saturated rings. The lowest BCUT2D eigenvalue weighted by Crippen LogP contribution is -2.55. The molecule has 136 valence electrons. The first-order valence-corrected chi connectivity index (χ1v) is 9.53. The summed E-state index contributed by atoms with van der Waals surface area (Å²) >= 11 is 0. The Morgan fingerprint density at radius 2 is 2.12 bits per heavy atom. The summed E-state index contributed by atoms with van der Waals surface area (Å²) in [6.45, 7) is 0.650. The highest BCUT2D eigenvalue weighted by molar-refractivity contribution is 7.96. The standard InChI is InChI=1S/C17H16FN3O4S/c18-13-3-1-12(2-4-13)16(22)21-8-6-17(10-21)11-25-14-5-7-19-9-15(14)26(23,24)20-17/h1-5,7,9H,6,8,10-11H2,(H-,20,23,24). The van der Waals surface area contributed by atoms with Crippen LogP contribution >= 0.6 is 0 Å². The molecule has 1 saturated heterocycles. The topological polar surface area (TPSA) is 94.6 Å². The summed E-state index contributed by atoms with van der Waals surface area (Å²) in [5.41, 5.74) is -0.554. The number of ether oxygens (including phenoxy) is 1. The van der Waals surface area contributed by atoms with Crippen molar-refractivity contribution in [1.29, 1.82) is 0 Å². The maximum absolute atomic E-state index is 13.1. The van der Waals surface area contributed by atoms with Crippen LogP contribution in [0.1, 0.15) is 16.8 Å². The molecule has 0 bridgehead atoms. The quantitative estimate of drug-likeness (QED) is 0.758. The van der Waals surface area contributed by atoms with Crippen LogP contribution in [0.4, 0.5) is 4.39 Å². The lowest BCUT2D eigenvalue weighted by atomic mass is 10.0. The lowest BCUT2D eigenvalue weighted by molar-refractivity contribution is 0.0774. The van der Waals surface area contributed by atoms with Gasteiger partial charge < -0.3 is 14.2 Å². The first kappa shape index (κ1) is 17.1. The van der Waals surface area contributed by atoms with Gasteiger partial charge in [-0.25, -0.2) is 4.39 Å². The van der Waals surface area contributed by atoms with Gasteiger partial charge in [-0.05, 0) is 30.7 Å². The van der Waals surface area contributed by atoms with Gasteiger partial charge in [0.25, 0.3) is 5.91 Å². The van der Waals surface area contributed by atoms with E-state index in [4.69, 9.17) is 4.74 Å². The zero-order valence-corrected chi connectivity index (χ0v) is 14.5. The van der Waals surface area contributed by atoms with Crippen molar-refractivity contribution >= 4 is 16.3 Å². The summed E-state index contributed by atoms with van der Waals surface area (Å²) in [6.07, 6.45) is 3.12. The first-order valence-electron chi connectivity index (χ1n) is 8.04. The fourth-order valence-corrected chi connectivity index (χ4v) is 4.79. The zero-order valence-electron chi connectivity index (χ0n) is 13.7. The number of nitrogens with one attached hydrogen (secondary N) is 1. The highest BCUT2D eigenvalue weighted by Gasteiger charge is 2.49. The van der Waals surface area contributed by atoms with Gasteiger partial charge >= 0.3 is 0 Å². The van der Waals surface area contributed by atoms with E-state index in [1.807, 2.05) is 0 Å². The minimum atomic E-state index is -3.81. The van der Waals surface area contributed by atoms with Crippen molar-refractivity contribution < 1.29 is 22.7 Å². The van der Waals surface area contributed by atoms with Crippen LogP contribution in [-0.2, 0) is 14.6 Å². The molecule has 0 saturated carbocycles. The molecule has 2 aromatic rings. The van der Waals surface area contributed by atoms with E-state index in [0.29, 0.717) is 18.5 Å². The minimum Gasteiger partial charge on any atom is -0.593 e. The fraction of sp³-hybridized carbons (Fsp3) is 0.294. The third-order valence-corrected chi connectivity index (χ3v) is 6.21. The molecule has 4 rings (SSSR count). The van der Waals surface area contributed by atoms with Crippen LogP contribution in [0.25, 0.3) is 0 Å². The predicted octanol–water partition coefficient (Wildman–Crippen LogP) is 1.39. The van der Waals surface area contributed by atoms with Gasteiger partial charge in [-0.15, -0.1) is 4.72 Å². The summed E-state index contributed by atoms with van der Waals surface area (Å²) in [7, 11) is -3.81. The Hall–Kier alpha value is -2.36. The van der Waals surface area contributed by atoms with Gasteiger partial charge in [-0.2, -0.15) is 0 Å². The monoisotopic (exact) mass is 377 g/mol. The molecule has 2 atom stereocenters. The Bertz CT molecular complexity index is 907.